The first kappa shape index (κ1) is 27.2. The maximum absolute atomic E-state index is 12.5. The van der Waals surface area contributed by atoms with E-state index in [9.17, 15) is 14.7 Å². The molecule has 2 atom stereocenters. The van der Waals surface area contributed by atoms with E-state index in [1.165, 1.54) is 10.6 Å². The van der Waals surface area contributed by atoms with Crippen LogP contribution in [0, 0.1) is 0 Å². The summed E-state index contributed by atoms with van der Waals surface area (Å²) in [4.78, 5) is 26.0. The minimum absolute atomic E-state index is 0.0948. The van der Waals surface area contributed by atoms with Crippen molar-refractivity contribution >= 4 is 6.09 Å². The number of carbonyl (C=O) groups is 1. The van der Waals surface area contributed by atoms with Gasteiger partial charge in [-0.2, -0.15) is 0 Å². The number of aliphatic hydroxyl groups excluding tert-OH is 1. The molecule has 1 aliphatic rings. The van der Waals surface area contributed by atoms with E-state index >= 15 is 0 Å². The summed E-state index contributed by atoms with van der Waals surface area (Å²) >= 11 is 0. The van der Waals surface area contributed by atoms with Crippen LogP contribution in [0.15, 0.2) is 83.8 Å². The molecule has 1 amide bonds. The molecule has 1 saturated heterocycles. The molecule has 36 heavy (non-hydrogen) atoms. The second-order valence-electron chi connectivity index (χ2n) is 9.63. The predicted octanol–water partition coefficient (Wildman–Crippen LogP) is 4.63. The van der Waals surface area contributed by atoms with Crippen LogP contribution in [0.3, 0.4) is 0 Å². The molecule has 3 aromatic rings. The highest BCUT2D eigenvalue weighted by Crippen LogP contribution is 2.29. The number of benzene rings is 2. The summed E-state index contributed by atoms with van der Waals surface area (Å²) in [5.41, 5.74) is 1.80. The number of aliphatic hydroxyl groups is 2. The third-order valence-electron chi connectivity index (χ3n) is 6.11. The van der Waals surface area contributed by atoms with Crippen molar-refractivity contribution < 1.29 is 19.7 Å². The summed E-state index contributed by atoms with van der Waals surface area (Å²) in [7, 11) is 0. The van der Waals surface area contributed by atoms with Crippen molar-refractivity contribution in [2.45, 2.75) is 57.9 Å². The topological polar surface area (TPSA) is 92.0 Å². The van der Waals surface area contributed by atoms with Crippen LogP contribution in [-0.4, -0.2) is 50.6 Å². The van der Waals surface area contributed by atoms with Crippen molar-refractivity contribution in [1.29, 1.82) is 0 Å². The van der Waals surface area contributed by atoms with Crippen molar-refractivity contribution in [1.82, 2.24) is 9.47 Å². The standard InChI is InChI=1S/C23H30N2O5.C6H6/c1-16(25-11-10-20(30-22(25)28)14-23(2,3)29)17-4-6-18(7-5-17)19-8-9-21(27)24(15-19)12-13-26;1-2-4-6-5-3-1/h4-9,15-16,20,26,29H,10-14H2,1-3H3;1-6H. The zero-order chi connectivity index (χ0) is 26.1. The molecule has 1 aromatic heterocycles. The van der Waals surface area contributed by atoms with Crippen molar-refractivity contribution in [3.63, 3.8) is 0 Å². The molecule has 2 N–H and O–H groups in total. The Hall–Kier alpha value is -3.42. The number of ether oxygens (including phenoxy) is 1. The van der Waals surface area contributed by atoms with E-state index in [-0.39, 0.29) is 36.9 Å². The number of hydrogen-bond acceptors (Lipinski definition) is 5. The molecule has 7 nitrogen and oxygen atoms in total. The first-order chi connectivity index (χ1) is 17.2. The number of rotatable bonds is 7. The van der Waals surface area contributed by atoms with Gasteiger partial charge in [0.25, 0.3) is 5.56 Å². The molecule has 0 bridgehead atoms. The van der Waals surface area contributed by atoms with Crippen LogP contribution in [0.5, 0.6) is 0 Å². The number of carbonyl (C=O) groups excluding carboxylic acids is 1. The number of cyclic esters (lactones) is 1. The average molecular weight is 493 g/mol. The molecular formula is C29H36N2O5. The van der Waals surface area contributed by atoms with Gasteiger partial charge in [0.15, 0.2) is 0 Å². The van der Waals surface area contributed by atoms with Crippen LogP contribution in [0.1, 0.15) is 45.2 Å². The van der Waals surface area contributed by atoms with E-state index in [1.54, 1.807) is 31.0 Å². The molecule has 0 aliphatic carbocycles. The number of hydrogen-bond donors (Lipinski definition) is 2. The largest absolute Gasteiger partial charge is 0.446 e. The van der Waals surface area contributed by atoms with Crippen LogP contribution >= 0.6 is 0 Å². The predicted molar refractivity (Wildman–Crippen MR) is 141 cm³/mol. The number of amides is 1. The Labute approximate surface area is 212 Å². The maximum Gasteiger partial charge on any atom is 0.410 e. The smallest absolute Gasteiger partial charge is 0.410 e. The summed E-state index contributed by atoms with van der Waals surface area (Å²) in [5.74, 6) is 0. The van der Waals surface area contributed by atoms with Gasteiger partial charge in [0.1, 0.15) is 6.10 Å². The number of aromatic nitrogens is 1. The summed E-state index contributed by atoms with van der Waals surface area (Å²) in [5, 5.41) is 19.1. The Morgan fingerprint density at radius 1 is 0.972 bits per heavy atom. The van der Waals surface area contributed by atoms with Gasteiger partial charge in [-0.05, 0) is 43.5 Å². The van der Waals surface area contributed by atoms with Crippen molar-refractivity contribution in [3.05, 3.63) is 94.9 Å². The second kappa shape index (κ2) is 12.5. The summed E-state index contributed by atoms with van der Waals surface area (Å²) in [6.07, 6.45) is 2.22. The fourth-order valence-corrected chi connectivity index (χ4v) is 4.20. The van der Waals surface area contributed by atoms with E-state index in [2.05, 4.69) is 0 Å². The molecule has 0 radical (unpaired) electrons. The normalized spacial score (nSPS) is 16.5. The van der Waals surface area contributed by atoms with Crippen molar-refractivity contribution in [2.24, 2.45) is 0 Å². The molecule has 2 unspecified atom stereocenters. The van der Waals surface area contributed by atoms with Crippen LogP contribution < -0.4 is 5.56 Å². The summed E-state index contributed by atoms with van der Waals surface area (Å²) in [6, 6.07) is 23.0. The summed E-state index contributed by atoms with van der Waals surface area (Å²) < 4.78 is 7.02. The van der Waals surface area contributed by atoms with E-state index in [0.29, 0.717) is 19.4 Å². The lowest BCUT2D eigenvalue weighted by atomic mass is 9.97. The lowest BCUT2D eigenvalue weighted by molar-refractivity contribution is -0.0309. The Bertz CT molecular complexity index is 1130. The Morgan fingerprint density at radius 3 is 2.08 bits per heavy atom. The Balaban J connectivity index is 0.000000526. The SMILES string of the molecule is CC(c1ccc(-c2ccc(=O)n(CCO)c2)cc1)N1CCC(CC(C)(C)O)OC1=O.c1ccccc1. The number of pyridine rings is 1. The molecule has 2 heterocycles. The third-order valence-corrected chi connectivity index (χ3v) is 6.11. The second-order valence-corrected chi connectivity index (χ2v) is 9.63. The van der Waals surface area contributed by atoms with Gasteiger partial charge < -0.3 is 24.4 Å². The highest BCUT2D eigenvalue weighted by atomic mass is 16.6. The van der Waals surface area contributed by atoms with Gasteiger partial charge in [-0.15, -0.1) is 0 Å². The first-order valence-electron chi connectivity index (χ1n) is 12.3. The Morgan fingerprint density at radius 2 is 1.56 bits per heavy atom. The van der Waals surface area contributed by atoms with Crippen LogP contribution in [-0.2, 0) is 11.3 Å². The quantitative estimate of drug-likeness (QED) is 0.502. The molecule has 192 valence electrons. The van der Waals surface area contributed by atoms with Gasteiger partial charge in [-0.25, -0.2) is 4.79 Å². The first-order valence-corrected chi connectivity index (χ1v) is 12.3. The molecule has 7 heteroatoms. The highest BCUT2D eigenvalue weighted by molar-refractivity contribution is 5.69. The van der Waals surface area contributed by atoms with Gasteiger partial charge in [-0.1, -0.05) is 60.7 Å². The van der Waals surface area contributed by atoms with Crippen molar-refractivity contribution in [2.75, 3.05) is 13.2 Å². The lowest BCUT2D eigenvalue weighted by Gasteiger charge is -2.37. The van der Waals surface area contributed by atoms with Crippen LogP contribution in [0.2, 0.25) is 0 Å². The fourth-order valence-electron chi connectivity index (χ4n) is 4.20. The molecule has 0 spiro atoms. The van der Waals surface area contributed by atoms with Gasteiger partial charge in [0.2, 0.25) is 0 Å². The number of nitrogens with zero attached hydrogens (tertiary/aromatic N) is 2. The van der Waals surface area contributed by atoms with E-state index in [4.69, 9.17) is 9.84 Å². The van der Waals surface area contributed by atoms with Gasteiger partial charge >= 0.3 is 6.09 Å². The minimum Gasteiger partial charge on any atom is -0.446 e. The highest BCUT2D eigenvalue weighted by Gasteiger charge is 2.33. The molecular weight excluding hydrogens is 456 g/mol. The molecule has 1 fully saturated rings. The lowest BCUT2D eigenvalue weighted by Crippen LogP contribution is -2.45. The van der Waals surface area contributed by atoms with Gasteiger partial charge in [0.05, 0.1) is 18.2 Å². The van der Waals surface area contributed by atoms with Crippen molar-refractivity contribution in [3.8, 4) is 11.1 Å². The fraction of sp³-hybridized carbons (Fsp3) is 0.379. The Kier molecular flexibility index (Phi) is 9.44. The molecule has 4 rings (SSSR count). The average Bonchev–Trinajstić information content (AvgIpc) is 2.86. The maximum atomic E-state index is 12.5. The molecule has 2 aromatic carbocycles. The monoisotopic (exact) mass is 492 g/mol. The van der Waals surface area contributed by atoms with Crippen LogP contribution in [0.25, 0.3) is 11.1 Å². The van der Waals surface area contributed by atoms with Crippen LogP contribution in [0.4, 0.5) is 4.79 Å². The van der Waals surface area contributed by atoms with E-state index < -0.39 is 5.60 Å². The minimum atomic E-state index is -0.867. The zero-order valence-corrected chi connectivity index (χ0v) is 21.2. The van der Waals surface area contributed by atoms with Gasteiger partial charge in [0, 0.05) is 38.2 Å². The van der Waals surface area contributed by atoms with E-state index in [0.717, 1.165) is 16.7 Å². The third kappa shape index (κ3) is 7.80. The molecule has 1 aliphatic heterocycles. The van der Waals surface area contributed by atoms with Gasteiger partial charge in [-0.3, -0.25) is 4.79 Å². The summed E-state index contributed by atoms with van der Waals surface area (Å²) in [6.45, 7) is 6.14. The zero-order valence-electron chi connectivity index (χ0n) is 21.2. The van der Waals surface area contributed by atoms with E-state index in [1.807, 2.05) is 67.6 Å². The molecule has 0 saturated carbocycles.